The third-order valence-electron chi connectivity index (χ3n) is 2.71. The largest absolute Gasteiger partial charge is 0.478 e. The van der Waals surface area contributed by atoms with Crippen LogP contribution in [0.25, 0.3) is 0 Å². The van der Waals surface area contributed by atoms with Crippen LogP contribution in [0.15, 0.2) is 27.1 Å². The predicted molar refractivity (Wildman–Crippen MR) is 74.4 cm³/mol. The molecule has 19 heavy (non-hydrogen) atoms. The fraction of sp³-hybridized carbons (Fsp3) is 0.231. The average Bonchev–Trinajstić information content (AvgIpc) is 2.66. The number of halogens is 1. The van der Waals surface area contributed by atoms with Crippen LogP contribution < -0.4 is 5.32 Å². The van der Waals surface area contributed by atoms with Crippen molar-refractivity contribution in [3.63, 3.8) is 0 Å². The van der Waals surface area contributed by atoms with E-state index >= 15 is 0 Å². The zero-order valence-corrected chi connectivity index (χ0v) is 12.1. The molecule has 2 rings (SSSR count). The fourth-order valence-electron chi connectivity index (χ4n) is 1.63. The van der Waals surface area contributed by atoms with Crippen LogP contribution in [0.4, 0.5) is 5.69 Å². The van der Waals surface area contributed by atoms with Crippen LogP contribution in [0.3, 0.4) is 0 Å². The molecule has 0 aliphatic carbocycles. The highest BCUT2D eigenvalue weighted by Gasteiger charge is 2.11. The lowest BCUT2D eigenvalue weighted by Crippen LogP contribution is -2.06. The Morgan fingerprint density at radius 3 is 2.79 bits per heavy atom. The van der Waals surface area contributed by atoms with Gasteiger partial charge in [-0.1, -0.05) is 15.9 Å². The number of carboxylic acid groups (broad SMARTS) is 1. The van der Waals surface area contributed by atoms with Gasteiger partial charge in [-0.25, -0.2) is 9.78 Å². The molecule has 0 aliphatic rings. The number of aryl methyl sites for hydroxylation is 2. The summed E-state index contributed by atoms with van der Waals surface area (Å²) in [6, 6.07) is 4.95. The van der Waals surface area contributed by atoms with Crippen LogP contribution in [0, 0.1) is 13.8 Å². The van der Waals surface area contributed by atoms with Crippen molar-refractivity contribution < 1.29 is 14.3 Å². The van der Waals surface area contributed by atoms with Crippen molar-refractivity contribution in [3.05, 3.63) is 45.6 Å². The molecule has 0 fully saturated rings. The first-order valence-corrected chi connectivity index (χ1v) is 6.46. The van der Waals surface area contributed by atoms with Crippen LogP contribution in [0.2, 0.25) is 0 Å². The maximum atomic E-state index is 11.1. The SMILES string of the molecule is Cc1nc(CNc2cc(Br)ccc2C(=O)O)oc1C. The third kappa shape index (κ3) is 3.14. The predicted octanol–water partition coefficient (Wildman–Crippen LogP) is 3.36. The number of nitrogens with one attached hydrogen (secondary N) is 1. The number of oxazole rings is 1. The Morgan fingerprint density at radius 1 is 1.47 bits per heavy atom. The summed E-state index contributed by atoms with van der Waals surface area (Å²) < 4.78 is 6.24. The van der Waals surface area contributed by atoms with Crippen molar-refractivity contribution in [2.75, 3.05) is 5.32 Å². The minimum absolute atomic E-state index is 0.211. The number of anilines is 1. The van der Waals surface area contributed by atoms with Gasteiger partial charge >= 0.3 is 5.97 Å². The minimum atomic E-state index is -0.977. The first-order valence-electron chi connectivity index (χ1n) is 5.67. The molecule has 1 heterocycles. The molecule has 0 aliphatic heterocycles. The molecule has 0 spiro atoms. The lowest BCUT2D eigenvalue weighted by atomic mass is 10.2. The van der Waals surface area contributed by atoms with E-state index in [0.717, 1.165) is 15.9 Å². The van der Waals surface area contributed by atoms with E-state index in [4.69, 9.17) is 9.52 Å². The Kier molecular flexibility index (Phi) is 3.90. The topological polar surface area (TPSA) is 75.4 Å². The lowest BCUT2D eigenvalue weighted by Gasteiger charge is -2.08. The summed E-state index contributed by atoms with van der Waals surface area (Å²) in [6.07, 6.45) is 0. The minimum Gasteiger partial charge on any atom is -0.478 e. The van der Waals surface area contributed by atoms with E-state index in [1.165, 1.54) is 0 Å². The zero-order chi connectivity index (χ0) is 14.0. The Labute approximate surface area is 118 Å². The molecular formula is C13H13BrN2O3. The van der Waals surface area contributed by atoms with Gasteiger partial charge in [-0.15, -0.1) is 0 Å². The molecule has 1 aromatic heterocycles. The molecule has 0 radical (unpaired) electrons. The van der Waals surface area contributed by atoms with Crippen molar-refractivity contribution in [1.82, 2.24) is 4.98 Å². The second-order valence-corrected chi connectivity index (χ2v) is 5.01. The van der Waals surface area contributed by atoms with Gasteiger partial charge in [-0.3, -0.25) is 0 Å². The fourth-order valence-corrected chi connectivity index (χ4v) is 2.00. The molecule has 0 saturated carbocycles. The molecular weight excluding hydrogens is 312 g/mol. The van der Waals surface area contributed by atoms with Crippen LogP contribution in [-0.2, 0) is 6.54 Å². The Morgan fingerprint density at radius 2 is 2.21 bits per heavy atom. The molecule has 5 nitrogen and oxygen atoms in total. The number of carboxylic acids is 1. The molecule has 2 N–H and O–H groups in total. The highest BCUT2D eigenvalue weighted by Crippen LogP contribution is 2.22. The van der Waals surface area contributed by atoms with Crippen molar-refractivity contribution in [1.29, 1.82) is 0 Å². The smallest absolute Gasteiger partial charge is 0.337 e. The van der Waals surface area contributed by atoms with Gasteiger partial charge in [0.1, 0.15) is 5.76 Å². The third-order valence-corrected chi connectivity index (χ3v) is 3.21. The summed E-state index contributed by atoms with van der Waals surface area (Å²) >= 11 is 3.32. The number of aromatic nitrogens is 1. The number of hydrogen-bond acceptors (Lipinski definition) is 4. The molecule has 100 valence electrons. The van der Waals surface area contributed by atoms with E-state index in [1.54, 1.807) is 18.2 Å². The molecule has 2 aromatic rings. The number of hydrogen-bond donors (Lipinski definition) is 2. The van der Waals surface area contributed by atoms with Crippen molar-refractivity contribution in [3.8, 4) is 0 Å². The van der Waals surface area contributed by atoms with Crippen molar-refractivity contribution in [2.24, 2.45) is 0 Å². The number of nitrogens with zero attached hydrogens (tertiary/aromatic N) is 1. The molecule has 0 bridgehead atoms. The Hall–Kier alpha value is -1.82. The number of rotatable bonds is 4. The van der Waals surface area contributed by atoms with E-state index < -0.39 is 5.97 Å². The van der Waals surface area contributed by atoms with Crippen molar-refractivity contribution >= 4 is 27.6 Å². The highest BCUT2D eigenvalue weighted by atomic mass is 79.9. The van der Waals surface area contributed by atoms with Gasteiger partial charge in [-0.2, -0.15) is 0 Å². The monoisotopic (exact) mass is 324 g/mol. The summed E-state index contributed by atoms with van der Waals surface area (Å²) in [7, 11) is 0. The quantitative estimate of drug-likeness (QED) is 0.901. The second-order valence-electron chi connectivity index (χ2n) is 4.10. The zero-order valence-electron chi connectivity index (χ0n) is 10.5. The molecule has 6 heteroatoms. The standard InChI is InChI=1S/C13H13BrN2O3/c1-7-8(2)19-12(16-7)6-15-11-5-9(14)3-4-10(11)13(17)18/h3-5,15H,6H2,1-2H3,(H,17,18). The first-order chi connectivity index (χ1) is 8.97. The Bertz CT molecular complexity index is 603. The molecule has 0 saturated heterocycles. The summed E-state index contributed by atoms with van der Waals surface area (Å²) in [4.78, 5) is 15.3. The molecule has 0 amide bonds. The van der Waals surface area contributed by atoms with E-state index in [-0.39, 0.29) is 5.56 Å². The van der Waals surface area contributed by atoms with E-state index in [9.17, 15) is 4.79 Å². The van der Waals surface area contributed by atoms with E-state index in [1.807, 2.05) is 13.8 Å². The normalized spacial score (nSPS) is 10.5. The van der Waals surface area contributed by atoms with Gasteiger partial charge in [0.15, 0.2) is 0 Å². The Balaban J connectivity index is 2.19. The van der Waals surface area contributed by atoms with Gasteiger partial charge in [0.2, 0.25) is 5.89 Å². The molecule has 1 aromatic carbocycles. The maximum absolute atomic E-state index is 11.1. The summed E-state index contributed by atoms with van der Waals surface area (Å²) in [5.41, 5.74) is 1.57. The molecule has 0 unspecified atom stereocenters. The van der Waals surface area contributed by atoms with Gasteiger partial charge in [0.25, 0.3) is 0 Å². The van der Waals surface area contributed by atoms with Crippen LogP contribution >= 0.6 is 15.9 Å². The van der Waals surface area contributed by atoms with Gasteiger partial charge in [0, 0.05) is 4.47 Å². The summed E-state index contributed by atoms with van der Waals surface area (Å²) in [5.74, 6) is 0.325. The number of aromatic carboxylic acids is 1. The summed E-state index contributed by atoms with van der Waals surface area (Å²) in [6.45, 7) is 4.04. The summed E-state index contributed by atoms with van der Waals surface area (Å²) in [5, 5.41) is 12.1. The van der Waals surface area contributed by atoms with Crippen LogP contribution in [0.1, 0.15) is 27.7 Å². The molecule has 0 atom stereocenters. The van der Waals surface area contributed by atoms with Crippen LogP contribution in [-0.4, -0.2) is 16.1 Å². The number of carbonyl (C=O) groups is 1. The van der Waals surface area contributed by atoms with Gasteiger partial charge in [0.05, 0.1) is 23.5 Å². The number of benzene rings is 1. The highest BCUT2D eigenvalue weighted by molar-refractivity contribution is 9.10. The van der Waals surface area contributed by atoms with Gasteiger partial charge in [-0.05, 0) is 32.0 Å². The van der Waals surface area contributed by atoms with Crippen molar-refractivity contribution in [2.45, 2.75) is 20.4 Å². The lowest BCUT2D eigenvalue weighted by molar-refractivity contribution is 0.0698. The first kappa shape index (κ1) is 13.6. The average molecular weight is 325 g/mol. The maximum Gasteiger partial charge on any atom is 0.337 e. The van der Waals surface area contributed by atoms with Crippen LogP contribution in [0.5, 0.6) is 0 Å². The second kappa shape index (κ2) is 5.44. The van der Waals surface area contributed by atoms with E-state index in [2.05, 4.69) is 26.2 Å². The van der Waals surface area contributed by atoms with E-state index in [0.29, 0.717) is 18.1 Å². The van der Waals surface area contributed by atoms with Gasteiger partial charge < -0.3 is 14.8 Å².